The summed E-state index contributed by atoms with van der Waals surface area (Å²) in [5, 5.41) is 21.4. The predicted molar refractivity (Wildman–Crippen MR) is 99.7 cm³/mol. The van der Waals surface area contributed by atoms with Crippen LogP contribution in [0, 0.1) is 0 Å². The molecule has 3 rings (SSSR count). The molecule has 1 heterocycles. The van der Waals surface area contributed by atoms with E-state index >= 15 is 0 Å². The lowest BCUT2D eigenvalue weighted by atomic mass is 9.97. The zero-order chi connectivity index (χ0) is 20.3. The maximum Gasteiger partial charge on any atom is 0.328 e. The predicted octanol–water partition coefficient (Wildman–Crippen LogP) is 0.216. The average Bonchev–Trinajstić information content (AvgIpc) is 2.66. The lowest BCUT2D eigenvalue weighted by Gasteiger charge is -2.19. The number of phenolic OH excluding ortho intramolecular Hbond substituents is 2. The number of nitrogens with one attached hydrogen (secondary N) is 2. The minimum Gasteiger partial charge on any atom is -0.508 e. The van der Waals surface area contributed by atoms with Crippen molar-refractivity contribution in [1.29, 1.82) is 0 Å². The van der Waals surface area contributed by atoms with Crippen LogP contribution in [0.3, 0.4) is 0 Å². The van der Waals surface area contributed by atoms with Gasteiger partial charge in [-0.25, -0.2) is 4.79 Å². The number of hydrogen-bond acceptors (Lipinski definition) is 6. The van der Waals surface area contributed by atoms with Crippen molar-refractivity contribution in [3.8, 4) is 11.5 Å². The molecule has 0 fully saturated rings. The topological polar surface area (TPSA) is 141 Å². The summed E-state index contributed by atoms with van der Waals surface area (Å²) in [6, 6.07) is 3.58. The van der Waals surface area contributed by atoms with Gasteiger partial charge in [-0.05, 0) is 37.8 Å². The number of ketones is 1. The highest BCUT2D eigenvalue weighted by atomic mass is 16.3. The quantitative estimate of drug-likeness (QED) is 0.522. The molecular weight excluding hydrogens is 366 g/mol. The molecule has 0 atom stereocenters. The smallest absolute Gasteiger partial charge is 0.328 e. The molecule has 0 bridgehead atoms. The summed E-state index contributed by atoms with van der Waals surface area (Å²) >= 11 is 0. The number of fused-ring (bicyclic) bond motifs is 1. The first-order valence-corrected chi connectivity index (χ1v) is 9.03. The number of benzene rings is 1. The fourth-order valence-corrected chi connectivity index (χ4v) is 3.36. The van der Waals surface area contributed by atoms with Crippen molar-refractivity contribution >= 4 is 11.7 Å². The second kappa shape index (κ2) is 8.12. The largest absolute Gasteiger partial charge is 0.508 e. The second-order valence-corrected chi connectivity index (χ2v) is 6.69. The van der Waals surface area contributed by atoms with Crippen molar-refractivity contribution in [2.45, 2.75) is 38.6 Å². The highest BCUT2D eigenvalue weighted by molar-refractivity contribution is 6.01. The number of hydrogen-bond donors (Lipinski definition) is 4. The highest BCUT2D eigenvalue weighted by Crippen LogP contribution is 2.22. The van der Waals surface area contributed by atoms with E-state index in [0.717, 1.165) is 18.9 Å². The first-order chi connectivity index (χ1) is 13.4. The number of nitrogens with zero attached hydrogens (tertiary/aromatic N) is 1. The summed E-state index contributed by atoms with van der Waals surface area (Å²) in [6.45, 7) is -0.224. The van der Waals surface area contributed by atoms with Gasteiger partial charge < -0.3 is 15.5 Å². The molecule has 28 heavy (non-hydrogen) atoms. The van der Waals surface area contributed by atoms with Crippen molar-refractivity contribution in [3.63, 3.8) is 0 Å². The Morgan fingerprint density at radius 1 is 1.14 bits per heavy atom. The number of H-pyrrole nitrogens is 1. The van der Waals surface area contributed by atoms with E-state index in [2.05, 4.69) is 10.3 Å². The molecule has 0 aliphatic heterocycles. The minimum atomic E-state index is -0.538. The zero-order valence-corrected chi connectivity index (χ0v) is 15.2. The lowest BCUT2D eigenvalue weighted by Crippen LogP contribution is -2.38. The van der Waals surface area contributed by atoms with Gasteiger partial charge in [0.2, 0.25) is 5.91 Å². The van der Waals surface area contributed by atoms with Crippen LogP contribution in [-0.4, -0.2) is 38.0 Å². The first kappa shape index (κ1) is 19.4. The van der Waals surface area contributed by atoms with Crippen LogP contribution >= 0.6 is 0 Å². The number of amides is 1. The Labute approximate surface area is 159 Å². The number of aromatic amines is 1. The molecule has 148 valence electrons. The maximum absolute atomic E-state index is 12.1. The zero-order valence-electron chi connectivity index (χ0n) is 15.2. The van der Waals surface area contributed by atoms with Crippen LogP contribution in [0.25, 0.3) is 0 Å². The SMILES string of the molecule is O=C(CCn1c2c(c(=O)[nH]c1=O)CCCC2)NCC(=O)c1ccc(O)cc1O. The molecule has 0 spiro atoms. The Bertz CT molecular complexity index is 1040. The van der Waals surface area contributed by atoms with E-state index in [4.69, 9.17) is 0 Å². The van der Waals surface area contributed by atoms with Gasteiger partial charge in [0.05, 0.1) is 12.1 Å². The molecule has 4 N–H and O–H groups in total. The Kier molecular flexibility index (Phi) is 5.62. The Balaban J connectivity index is 1.61. The summed E-state index contributed by atoms with van der Waals surface area (Å²) in [6.07, 6.45) is 2.97. The third-order valence-corrected chi connectivity index (χ3v) is 4.79. The standard InChI is InChI=1S/C19H21N3O6/c23-11-5-6-13(15(24)9-11)16(25)10-20-17(26)7-8-22-14-4-2-1-3-12(14)18(27)21-19(22)28/h5-6,9,23-24H,1-4,7-8,10H2,(H,20,26)(H,21,27,28). The molecule has 9 heteroatoms. The van der Waals surface area contributed by atoms with Gasteiger partial charge in [-0.2, -0.15) is 0 Å². The van der Waals surface area contributed by atoms with E-state index in [1.165, 1.54) is 16.7 Å². The van der Waals surface area contributed by atoms with E-state index < -0.39 is 17.4 Å². The van der Waals surface area contributed by atoms with Gasteiger partial charge in [0.25, 0.3) is 5.56 Å². The molecule has 1 aromatic carbocycles. The first-order valence-electron chi connectivity index (χ1n) is 9.03. The summed E-state index contributed by atoms with van der Waals surface area (Å²) in [5.74, 6) is -1.49. The van der Waals surface area contributed by atoms with Crippen molar-refractivity contribution in [3.05, 3.63) is 55.9 Å². The van der Waals surface area contributed by atoms with Crippen LogP contribution in [0.1, 0.15) is 40.9 Å². The molecule has 0 saturated heterocycles. The Morgan fingerprint density at radius 3 is 2.64 bits per heavy atom. The van der Waals surface area contributed by atoms with E-state index in [0.29, 0.717) is 24.1 Å². The molecule has 0 unspecified atom stereocenters. The number of rotatable bonds is 6. The normalized spacial score (nSPS) is 13.0. The van der Waals surface area contributed by atoms with Gasteiger partial charge in [-0.1, -0.05) is 0 Å². The summed E-state index contributed by atoms with van der Waals surface area (Å²) in [4.78, 5) is 50.5. The van der Waals surface area contributed by atoms with Crippen LogP contribution in [-0.2, 0) is 24.2 Å². The fourth-order valence-electron chi connectivity index (χ4n) is 3.36. The minimum absolute atomic E-state index is 0.0102. The van der Waals surface area contributed by atoms with Gasteiger partial charge in [-0.3, -0.25) is 23.9 Å². The average molecular weight is 387 g/mol. The molecule has 1 aromatic heterocycles. The van der Waals surface area contributed by atoms with Crippen LogP contribution < -0.4 is 16.6 Å². The summed E-state index contributed by atoms with van der Waals surface area (Å²) in [5.41, 5.74) is 0.370. The molecule has 1 amide bonds. The van der Waals surface area contributed by atoms with Crippen LogP contribution in [0.5, 0.6) is 11.5 Å². The van der Waals surface area contributed by atoms with Crippen molar-refractivity contribution in [2.75, 3.05) is 6.54 Å². The molecular formula is C19H21N3O6. The van der Waals surface area contributed by atoms with Gasteiger partial charge in [-0.15, -0.1) is 0 Å². The van der Waals surface area contributed by atoms with Crippen LogP contribution in [0.2, 0.25) is 0 Å². The van der Waals surface area contributed by atoms with Gasteiger partial charge in [0.15, 0.2) is 5.78 Å². The van der Waals surface area contributed by atoms with Gasteiger partial charge in [0.1, 0.15) is 11.5 Å². The molecule has 1 aliphatic carbocycles. The Hall–Kier alpha value is -3.36. The number of Topliss-reactive ketones (excluding diaryl/α,β-unsaturated/α-hetero) is 1. The fraction of sp³-hybridized carbons (Fsp3) is 0.368. The summed E-state index contributed by atoms with van der Waals surface area (Å²) in [7, 11) is 0. The molecule has 2 aromatic rings. The molecule has 0 radical (unpaired) electrons. The lowest BCUT2D eigenvalue weighted by molar-refractivity contribution is -0.121. The third-order valence-electron chi connectivity index (χ3n) is 4.79. The van der Waals surface area contributed by atoms with Crippen molar-refractivity contribution < 1.29 is 19.8 Å². The Morgan fingerprint density at radius 2 is 1.89 bits per heavy atom. The van der Waals surface area contributed by atoms with Crippen molar-refractivity contribution in [2.24, 2.45) is 0 Å². The number of aromatic hydroxyl groups is 2. The monoisotopic (exact) mass is 387 g/mol. The number of aromatic nitrogens is 2. The van der Waals surface area contributed by atoms with Gasteiger partial charge >= 0.3 is 5.69 Å². The summed E-state index contributed by atoms with van der Waals surface area (Å²) < 4.78 is 1.42. The van der Waals surface area contributed by atoms with E-state index in [1.54, 1.807) is 0 Å². The number of phenols is 2. The highest BCUT2D eigenvalue weighted by Gasteiger charge is 2.19. The number of carbonyl (C=O) groups is 2. The van der Waals surface area contributed by atoms with E-state index in [1.807, 2.05) is 0 Å². The molecule has 0 saturated carbocycles. The maximum atomic E-state index is 12.1. The van der Waals surface area contributed by atoms with E-state index in [9.17, 15) is 29.4 Å². The van der Waals surface area contributed by atoms with E-state index in [-0.39, 0.29) is 42.1 Å². The van der Waals surface area contributed by atoms with Crippen molar-refractivity contribution in [1.82, 2.24) is 14.9 Å². The number of carbonyl (C=O) groups excluding carboxylic acids is 2. The molecule has 1 aliphatic rings. The third kappa shape index (κ3) is 4.13. The molecule has 9 nitrogen and oxygen atoms in total. The second-order valence-electron chi connectivity index (χ2n) is 6.69. The van der Waals surface area contributed by atoms with Crippen LogP contribution in [0.4, 0.5) is 0 Å². The van der Waals surface area contributed by atoms with Crippen LogP contribution in [0.15, 0.2) is 27.8 Å². The van der Waals surface area contributed by atoms with Gasteiger partial charge in [0, 0.05) is 30.3 Å².